The van der Waals surface area contributed by atoms with Gasteiger partial charge in [0.05, 0.1) is 18.1 Å². The first-order valence-electron chi connectivity index (χ1n) is 6.67. The number of aromatic amines is 1. The van der Waals surface area contributed by atoms with Crippen LogP contribution in [0.5, 0.6) is 5.88 Å². The first-order valence-corrected chi connectivity index (χ1v) is 6.67. The number of aromatic nitrogens is 3. The van der Waals surface area contributed by atoms with Crippen LogP contribution in [0.15, 0.2) is 24.7 Å². The molecule has 2 heterocycles. The molecule has 0 aliphatic rings. The number of hydrogen-bond donors (Lipinski definition) is 1. The van der Waals surface area contributed by atoms with Crippen molar-refractivity contribution >= 4 is 5.97 Å². The van der Waals surface area contributed by atoms with E-state index in [1.165, 1.54) is 18.3 Å². The van der Waals surface area contributed by atoms with Crippen LogP contribution in [-0.4, -0.2) is 27.0 Å². The molecule has 0 bridgehead atoms. The highest BCUT2D eigenvalue weighted by Crippen LogP contribution is 2.30. The van der Waals surface area contributed by atoms with E-state index in [2.05, 4.69) is 15.0 Å². The van der Waals surface area contributed by atoms with Crippen molar-refractivity contribution in [2.75, 3.05) is 0 Å². The van der Waals surface area contributed by atoms with Gasteiger partial charge in [0, 0.05) is 6.20 Å². The molecule has 0 atom stereocenters. The van der Waals surface area contributed by atoms with Gasteiger partial charge in [0.2, 0.25) is 5.88 Å². The van der Waals surface area contributed by atoms with Gasteiger partial charge in [-0.2, -0.15) is 13.2 Å². The molecule has 0 radical (unpaired) electrons. The normalized spacial score (nSPS) is 11.6. The molecular weight excluding hydrogens is 315 g/mol. The molecule has 2 aromatic heterocycles. The number of carbonyl (C=O) groups is 1. The molecule has 0 saturated heterocycles. The van der Waals surface area contributed by atoms with Crippen molar-refractivity contribution in [1.29, 1.82) is 0 Å². The predicted molar refractivity (Wildman–Crippen MR) is 72.7 cm³/mol. The number of carbonyl (C=O) groups excluding carboxylic acids is 1. The number of nitrogens with zero attached hydrogens (tertiary/aromatic N) is 2. The molecule has 1 N–H and O–H groups in total. The zero-order valence-corrected chi connectivity index (χ0v) is 12.3. The van der Waals surface area contributed by atoms with Crippen LogP contribution < -0.4 is 4.74 Å². The smallest absolute Gasteiger partial charge is 0.435 e. The maximum Gasteiger partial charge on any atom is 0.435 e. The zero-order chi connectivity index (χ0) is 17.0. The molecule has 0 fully saturated rings. The fraction of sp³-hybridized carbons (Fsp3) is 0.357. The summed E-state index contributed by atoms with van der Waals surface area (Å²) >= 11 is 0. The number of halogens is 3. The summed E-state index contributed by atoms with van der Waals surface area (Å²) in [7, 11) is 0. The first-order chi connectivity index (χ1) is 10.8. The summed E-state index contributed by atoms with van der Waals surface area (Å²) in [5.41, 5.74) is -1.41. The Morgan fingerprint density at radius 3 is 2.74 bits per heavy atom. The summed E-state index contributed by atoms with van der Waals surface area (Å²) in [5, 5.41) is 0. The number of hydrogen-bond acceptors (Lipinski definition) is 5. The van der Waals surface area contributed by atoms with E-state index in [-0.39, 0.29) is 23.2 Å². The number of H-pyrrole nitrogens is 1. The Morgan fingerprint density at radius 1 is 1.35 bits per heavy atom. The van der Waals surface area contributed by atoms with Crippen LogP contribution in [0.3, 0.4) is 0 Å². The van der Waals surface area contributed by atoms with Gasteiger partial charge in [0.1, 0.15) is 12.2 Å². The number of esters is 1. The molecule has 0 aliphatic heterocycles. The molecule has 0 saturated carbocycles. The minimum absolute atomic E-state index is 0.0364. The van der Waals surface area contributed by atoms with Gasteiger partial charge in [-0.1, -0.05) is 0 Å². The second-order valence-corrected chi connectivity index (χ2v) is 4.83. The van der Waals surface area contributed by atoms with Crippen LogP contribution >= 0.6 is 0 Å². The summed E-state index contributed by atoms with van der Waals surface area (Å²) in [6, 6.07) is 2.92. The van der Waals surface area contributed by atoms with E-state index in [1.54, 1.807) is 13.8 Å². The van der Waals surface area contributed by atoms with Crippen LogP contribution in [-0.2, 0) is 17.5 Å². The molecule has 6 nitrogen and oxygen atoms in total. The topological polar surface area (TPSA) is 77.1 Å². The van der Waals surface area contributed by atoms with Gasteiger partial charge in [0.25, 0.3) is 0 Å². The SMILES string of the molecule is CC(C)Oc1ncccc1C(=O)OCc1[nH]cnc1C(F)(F)F. The van der Waals surface area contributed by atoms with E-state index in [4.69, 9.17) is 9.47 Å². The molecule has 2 aromatic rings. The minimum atomic E-state index is -4.62. The largest absolute Gasteiger partial charge is 0.474 e. The molecule has 23 heavy (non-hydrogen) atoms. The van der Waals surface area contributed by atoms with E-state index in [0.717, 1.165) is 6.33 Å². The standard InChI is InChI=1S/C14H14F3N3O3/c1-8(2)23-12-9(4-3-5-18-12)13(21)22-6-10-11(14(15,16)17)20-7-19-10/h3-5,7-8H,6H2,1-2H3,(H,19,20). The average molecular weight is 329 g/mol. The summed E-state index contributed by atoms with van der Waals surface area (Å²) in [6.45, 7) is 2.91. The van der Waals surface area contributed by atoms with Crippen LogP contribution in [0.4, 0.5) is 13.2 Å². The summed E-state index contributed by atoms with van der Waals surface area (Å²) < 4.78 is 48.3. The highest BCUT2D eigenvalue weighted by atomic mass is 19.4. The van der Waals surface area contributed by atoms with Crippen LogP contribution in [0.1, 0.15) is 35.6 Å². The monoisotopic (exact) mass is 329 g/mol. The Bertz CT molecular complexity index is 683. The number of nitrogens with one attached hydrogen (secondary N) is 1. The molecule has 2 rings (SSSR count). The number of imidazole rings is 1. The van der Waals surface area contributed by atoms with Crippen molar-refractivity contribution in [3.8, 4) is 5.88 Å². The summed E-state index contributed by atoms with van der Waals surface area (Å²) in [4.78, 5) is 21.5. The van der Waals surface area contributed by atoms with Gasteiger partial charge in [0.15, 0.2) is 5.69 Å². The Morgan fingerprint density at radius 2 is 2.09 bits per heavy atom. The van der Waals surface area contributed by atoms with E-state index < -0.39 is 24.4 Å². The number of alkyl halides is 3. The van der Waals surface area contributed by atoms with Gasteiger partial charge < -0.3 is 14.5 Å². The van der Waals surface area contributed by atoms with E-state index in [9.17, 15) is 18.0 Å². The highest BCUT2D eigenvalue weighted by Gasteiger charge is 2.36. The lowest BCUT2D eigenvalue weighted by atomic mass is 10.2. The van der Waals surface area contributed by atoms with E-state index in [0.29, 0.717) is 0 Å². The fourth-order valence-corrected chi connectivity index (χ4v) is 1.75. The summed E-state index contributed by atoms with van der Waals surface area (Å²) in [6.07, 6.45) is -2.52. The van der Waals surface area contributed by atoms with Gasteiger partial charge in [-0.15, -0.1) is 0 Å². The fourth-order valence-electron chi connectivity index (χ4n) is 1.75. The average Bonchev–Trinajstić information content (AvgIpc) is 2.93. The van der Waals surface area contributed by atoms with Crippen molar-refractivity contribution in [3.05, 3.63) is 41.6 Å². The molecule has 0 amide bonds. The van der Waals surface area contributed by atoms with Crippen molar-refractivity contribution in [3.63, 3.8) is 0 Å². The maximum absolute atomic E-state index is 12.7. The first kappa shape index (κ1) is 16.8. The number of ether oxygens (including phenoxy) is 2. The van der Waals surface area contributed by atoms with Crippen molar-refractivity contribution in [2.45, 2.75) is 32.7 Å². The molecule has 0 spiro atoms. The second-order valence-electron chi connectivity index (χ2n) is 4.83. The van der Waals surface area contributed by atoms with Crippen molar-refractivity contribution in [2.24, 2.45) is 0 Å². The summed E-state index contributed by atoms with van der Waals surface area (Å²) in [5.74, 6) is -0.773. The maximum atomic E-state index is 12.7. The third kappa shape index (κ3) is 4.21. The molecule has 0 unspecified atom stereocenters. The molecular formula is C14H14F3N3O3. The van der Waals surface area contributed by atoms with E-state index in [1.807, 2.05) is 0 Å². The lowest BCUT2D eigenvalue weighted by molar-refractivity contribution is -0.142. The van der Waals surface area contributed by atoms with Gasteiger partial charge in [-0.05, 0) is 26.0 Å². The Balaban J connectivity index is 2.11. The number of rotatable bonds is 5. The predicted octanol–water partition coefficient (Wildman–Crippen LogP) is 2.97. The van der Waals surface area contributed by atoms with Crippen molar-refractivity contribution in [1.82, 2.24) is 15.0 Å². The Hall–Kier alpha value is -2.58. The highest BCUT2D eigenvalue weighted by molar-refractivity contribution is 5.91. The quantitative estimate of drug-likeness (QED) is 0.854. The van der Waals surface area contributed by atoms with Gasteiger partial charge in [-0.3, -0.25) is 0 Å². The zero-order valence-electron chi connectivity index (χ0n) is 12.3. The molecule has 0 aliphatic carbocycles. The van der Waals surface area contributed by atoms with Crippen LogP contribution in [0.25, 0.3) is 0 Å². The van der Waals surface area contributed by atoms with Gasteiger partial charge >= 0.3 is 12.1 Å². The van der Waals surface area contributed by atoms with Crippen molar-refractivity contribution < 1.29 is 27.4 Å². The molecule has 9 heteroatoms. The minimum Gasteiger partial charge on any atom is -0.474 e. The van der Waals surface area contributed by atoms with Gasteiger partial charge in [-0.25, -0.2) is 14.8 Å². The third-order valence-electron chi connectivity index (χ3n) is 2.67. The Kier molecular flexibility index (Phi) is 4.87. The third-order valence-corrected chi connectivity index (χ3v) is 2.67. The molecule has 0 aromatic carbocycles. The van der Waals surface area contributed by atoms with E-state index >= 15 is 0 Å². The molecule has 124 valence electrons. The lowest BCUT2D eigenvalue weighted by Crippen LogP contribution is -2.15. The van der Waals surface area contributed by atoms with Crippen LogP contribution in [0, 0.1) is 0 Å². The number of pyridine rings is 1. The second kappa shape index (κ2) is 6.67. The Labute approximate surface area is 129 Å². The van der Waals surface area contributed by atoms with Crippen LogP contribution in [0.2, 0.25) is 0 Å². The lowest BCUT2D eigenvalue weighted by Gasteiger charge is -2.12.